The number of halogens is 2. The molecule has 0 aromatic heterocycles. The van der Waals surface area contributed by atoms with Crippen molar-refractivity contribution < 1.29 is 13.6 Å². The summed E-state index contributed by atoms with van der Waals surface area (Å²) in [6.07, 6.45) is 0. The predicted molar refractivity (Wildman–Crippen MR) is 71.9 cm³/mol. The summed E-state index contributed by atoms with van der Waals surface area (Å²) >= 11 is 0. The summed E-state index contributed by atoms with van der Waals surface area (Å²) in [4.78, 5) is 12.8. The number of rotatable bonds is 5. The second kappa shape index (κ2) is 6.36. The molecular weight excluding hydrogens is 252 g/mol. The van der Waals surface area contributed by atoms with Crippen molar-refractivity contribution in [2.45, 2.75) is 13.8 Å². The first kappa shape index (κ1) is 15.2. The Kier molecular flexibility index (Phi) is 5.09. The summed E-state index contributed by atoms with van der Waals surface area (Å²) in [5, 5.41) is 2.68. The Hall–Kier alpha value is -1.85. The molecule has 0 saturated heterocycles. The predicted octanol–water partition coefficient (Wildman–Crippen LogP) is 1.76. The van der Waals surface area contributed by atoms with Gasteiger partial charge in [0, 0.05) is 19.3 Å². The first-order valence-electron chi connectivity index (χ1n) is 6.03. The van der Waals surface area contributed by atoms with Gasteiger partial charge in [-0.15, -0.1) is 0 Å². The molecule has 1 aromatic rings. The molecule has 1 amide bonds. The van der Waals surface area contributed by atoms with Crippen molar-refractivity contribution in [2.75, 3.05) is 30.8 Å². The lowest BCUT2D eigenvalue weighted by Gasteiger charge is -2.20. The fourth-order valence-electron chi connectivity index (χ4n) is 1.62. The van der Waals surface area contributed by atoms with Crippen LogP contribution in [0.4, 0.5) is 20.2 Å². The molecule has 6 heteroatoms. The second-order valence-corrected chi connectivity index (χ2v) is 4.89. The lowest BCUT2D eigenvalue weighted by Crippen LogP contribution is -2.37. The van der Waals surface area contributed by atoms with Crippen LogP contribution in [-0.2, 0) is 4.79 Å². The van der Waals surface area contributed by atoms with Crippen LogP contribution in [0.15, 0.2) is 12.1 Å². The zero-order chi connectivity index (χ0) is 14.6. The van der Waals surface area contributed by atoms with Gasteiger partial charge in [-0.1, -0.05) is 13.8 Å². The largest absolute Gasteiger partial charge is 0.399 e. The van der Waals surface area contributed by atoms with Crippen molar-refractivity contribution in [2.24, 2.45) is 5.92 Å². The number of carbonyl (C=O) groups is 1. The number of nitrogen functional groups attached to an aromatic ring is 1. The second-order valence-electron chi connectivity index (χ2n) is 4.89. The Balaban J connectivity index is 2.73. The molecule has 0 fully saturated rings. The van der Waals surface area contributed by atoms with Crippen LogP contribution in [0.25, 0.3) is 0 Å². The normalized spacial score (nSPS) is 10.6. The Morgan fingerprint density at radius 1 is 1.37 bits per heavy atom. The maximum Gasteiger partial charge on any atom is 0.239 e. The van der Waals surface area contributed by atoms with E-state index in [1.807, 2.05) is 13.8 Å². The molecule has 0 aliphatic heterocycles. The van der Waals surface area contributed by atoms with Crippen molar-refractivity contribution in [3.8, 4) is 0 Å². The Morgan fingerprint density at radius 3 is 2.37 bits per heavy atom. The van der Waals surface area contributed by atoms with Crippen molar-refractivity contribution >= 4 is 17.3 Å². The van der Waals surface area contributed by atoms with Crippen LogP contribution >= 0.6 is 0 Å². The van der Waals surface area contributed by atoms with Crippen LogP contribution in [-0.4, -0.2) is 26.0 Å². The van der Waals surface area contributed by atoms with E-state index in [1.165, 1.54) is 11.9 Å². The highest BCUT2D eigenvalue weighted by Gasteiger charge is 2.17. The number of hydrogen-bond donors (Lipinski definition) is 2. The summed E-state index contributed by atoms with van der Waals surface area (Å²) in [5.74, 6) is -1.53. The van der Waals surface area contributed by atoms with Crippen LogP contribution in [0.2, 0.25) is 0 Å². The van der Waals surface area contributed by atoms with Gasteiger partial charge in [-0.3, -0.25) is 4.79 Å². The number of likely N-dealkylation sites (N-methyl/N-ethyl adjacent to an activating group) is 1. The molecule has 1 aromatic carbocycles. The van der Waals surface area contributed by atoms with E-state index in [2.05, 4.69) is 5.32 Å². The third-order valence-electron chi connectivity index (χ3n) is 2.51. The van der Waals surface area contributed by atoms with Gasteiger partial charge in [0.05, 0.1) is 6.54 Å². The number of hydrogen-bond acceptors (Lipinski definition) is 3. The molecule has 0 aliphatic rings. The van der Waals surface area contributed by atoms with Gasteiger partial charge in [-0.05, 0) is 18.1 Å². The standard InChI is InChI=1S/C13H19F2N3O/c1-8(2)6-17-12(19)7-18(3)13-10(14)4-9(16)5-11(13)15/h4-5,8H,6-7,16H2,1-3H3,(H,17,19). The van der Waals surface area contributed by atoms with Crippen LogP contribution in [0, 0.1) is 17.6 Å². The molecule has 0 spiro atoms. The van der Waals surface area contributed by atoms with E-state index in [-0.39, 0.29) is 23.8 Å². The molecule has 4 nitrogen and oxygen atoms in total. The SMILES string of the molecule is CC(C)CNC(=O)CN(C)c1c(F)cc(N)cc1F. The third-order valence-corrected chi connectivity index (χ3v) is 2.51. The molecule has 0 saturated carbocycles. The fraction of sp³-hybridized carbons (Fsp3) is 0.462. The number of anilines is 2. The molecule has 0 heterocycles. The zero-order valence-electron chi connectivity index (χ0n) is 11.3. The summed E-state index contributed by atoms with van der Waals surface area (Å²) in [7, 11) is 1.45. The van der Waals surface area contributed by atoms with Crippen molar-refractivity contribution in [3.05, 3.63) is 23.8 Å². The van der Waals surface area contributed by atoms with Crippen LogP contribution in [0.1, 0.15) is 13.8 Å². The molecule has 3 N–H and O–H groups in total. The molecule has 1 rings (SSSR count). The number of carbonyl (C=O) groups excluding carboxylic acids is 1. The molecule has 106 valence electrons. The minimum atomic E-state index is -0.781. The topological polar surface area (TPSA) is 58.4 Å². The minimum absolute atomic E-state index is 0.0106. The zero-order valence-corrected chi connectivity index (χ0v) is 11.3. The van der Waals surface area contributed by atoms with Gasteiger partial charge in [0.1, 0.15) is 5.69 Å². The van der Waals surface area contributed by atoms with Crippen molar-refractivity contribution in [1.82, 2.24) is 5.32 Å². The highest BCUT2D eigenvalue weighted by atomic mass is 19.1. The smallest absolute Gasteiger partial charge is 0.239 e. The molecule has 0 radical (unpaired) electrons. The van der Waals surface area contributed by atoms with Gasteiger partial charge < -0.3 is 16.0 Å². The molecule has 0 aliphatic carbocycles. The molecule has 19 heavy (non-hydrogen) atoms. The van der Waals surface area contributed by atoms with E-state index in [0.29, 0.717) is 12.5 Å². The molecule has 0 bridgehead atoms. The number of nitrogens with zero attached hydrogens (tertiary/aromatic N) is 1. The average Bonchev–Trinajstić information content (AvgIpc) is 2.24. The third kappa shape index (κ3) is 4.39. The van der Waals surface area contributed by atoms with Crippen LogP contribution in [0.5, 0.6) is 0 Å². The Bertz CT molecular complexity index is 440. The average molecular weight is 271 g/mol. The molecular formula is C13H19F2N3O. The number of amides is 1. The van der Waals surface area contributed by atoms with Gasteiger partial charge in [0.25, 0.3) is 0 Å². The maximum atomic E-state index is 13.6. The Morgan fingerprint density at radius 2 is 1.89 bits per heavy atom. The first-order chi connectivity index (χ1) is 8.81. The minimum Gasteiger partial charge on any atom is -0.399 e. The van der Waals surface area contributed by atoms with Crippen molar-refractivity contribution in [1.29, 1.82) is 0 Å². The van der Waals surface area contributed by atoms with E-state index in [1.54, 1.807) is 0 Å². The van der Waals surface area contributed by atoms with Crippen molar-refractivity contribution in [3.63, 3.8) is 0 Å². The van der Waals surface area contributed by atoms with Gasteiger partial charge in [-0.25, -0.2) is 8.78 Å². The van der Waals surface area contributed by atoms with E-state index in [0.717, 1.165) is 12.1 Å². The van der Waals surface area contributed by atoms with Gasteiger partial charge in [0.15, 0.2) is 11.6 Å². The van der Waals surface area contributed by atoms with Crippen LogP contribution < -0.4 is 16.0 Å². The monoisotopic (exact) mass is 271 g/mol. The van der Waals surface area contributed by atoms with E-state index >= 15 is 0 Å². The van der Waals surface area contributed by atoms with E-state index in [4.69, 9.17) is 5.73 Å². The van der Waals surface area contributed by atoms with Gasteiger partial charge >= 0.3 is 0 Å². The highest BCUT2D eigenvalue weighted by Crippen LogP contribution is 2.24. The number of nitrogens with one attached hydrogen (secondary N) is 1. The number of benzene rings is 1. The summed E-state index contributed by atoms with van der Waals surface area (Å²) in [5.41, 5.74) is 5.09. The quantitative estimate of drug-likeness (QED) is 0.802. The van der Waals surface area contributed by atoms with Crippen LogP contribution in [0.3, 0.4) is 0 Å². The molecule has 0 unspecified atom stereocenters. The van der Waals surface area contributed by atoms with Gasteiger partial charge in [0.2, 0.25) is 5.91 Å². The Labute approximate surface area is 111 Å². The summed E-state index contributed by atoms with van der Waals surface area (Å²) < 4.78 is 27.3. The highest BCUT2D eigenvalue weighted by molar-refractivity contribution is 5.81. The lowest BCUT2D eigenvalue weighted by molar-refractivity contribution is -0.119. The van der Waals surface area contributed by atoms with E-state index < -0.39 is 11.6 Å². The first-order valence-corrected chi connectivity index (χ1v) is 6.03. The lowest BCUT2D eigenvalue weighted by atomic mass is 10.2. The summed E-state index contributed by atoms with van der Waals surface area (Å²) in [6.45, 7) is 4.33. The fourth-order valence-corrected chi connectivity index (χ4v) is 1.62. The summed E-state index contributed by atoms with van der Waals surface area (Å²) in [6, 6.07) is 2.06. The number of nitrogens with two attached hydrogens (primary N) is 1. The van der Waals surface area contributed by atoms with Gasteiger partial charge in [-0.2, -0.15) is 0 Å². The van der Waals surface area contributed by atoms with E-state index in [9.17, 15) is 13.6 Å². The molecule has 0 atom stereocenters. The maximum absolute atomic E-state index is 13.6.